The first-order valence-electron chi connectivity index (χ1n) is 8.57. The number of thioether (sulfide) groups is 1. The number of hydrogen-bond donors (Lipinski definition) is 0. The normalized spacial score (nSPS) is 16.9. The summed E-state index contributed by atoms with van der Waals surface area (Å²) in [6, 6.07) is 5.84. The molecule has 134 valence electrons. The Morgan fingerprint density at radius 3 is 2.76 bits per heavy atom. The molecular weight excluding hydrogens is 356 g/mol. The summed E-state index contributed by atoms with van der Waals surface area (Å²) in [4.78, 5) is 14.7. The third-order valence-corrected chi connectivity index (χ3v) is 6.13. The first-order chi connectivity index (χ1) is 12.0. The number of aryl methyl sites for hydroxylation is 1. The number of amides is 1. The smallest absolute Gasteiger partial charge is 0.235 e. The van der Waals surface area contributed by atoms with Crippen LogP contribution in [0.5, 0.6) is 0 Å². The molecule has 1 fully saturated rings. The molecule has 25 heavy (non-hydrogen) atoms. The van der Waals surface area contributed by atoms with E-state index in [0.29, 0.717) is 16.1 Å². The summed E-state index contributed by atoms with van der Waals surface area (Å²) in [6.45, 7) is 7.85. The van der Waals surface area contributed by atoms with Crippen molar-refractivity contribution in [2.24, 2.45) is 5.92 Å². The zero-order chi connectivity index (χ0) is 18.0. The molecule has 0 radical (unpaired) electrons. The summed E-state index contributed by atoms with van der Waals surface area (Å²) in [6.07, 6.45) is 3.82. The van der Waals surface area contributed by atoms with Gasteiger partial charge in [-0.3, -0.25) is 9.36 Å². The summed E-state index contributed by atoms with van der Waals surface area (Å²) in [7, 11) is 0. The Hall–Kier alpha value is -1.53. The fourth-order valence-corrected chi connectivity index (χ4v) is 4.01. The second-order valence-corrected chi connectivity index (χ2v) is 8.40. The van der Waals surface area contributed by atoms with E-state index in [4.69, 9.17) is 11.6 Å². The number of rotatable bonds is 4. The van der Waals surface area contributed by atoms with Crippen LogP contribution < -0.4 is 0 Å². The standard InChI is InChI=1S/C18H23ClN4OS/c1-12-6-8-22(9-7-12)17(24)14(3)25-18-21-20-11-23(18)15-5-4-13(2)16(19)10-15/h4-5,10-12,14H,6-9H2,1-3H3. The zero-order valence-corrected chi connectivity index (χ0v) is 16.3. The largest absolute Gasteiger partial charge is 0.342 e. The van der Waals surface area contributed by atoms with Crippen molar-refractivity contribution in [2.75, 3.05) is 13.1 Å². The fraction of sp³-hybridized carbons (Fsp3) is 0.500. The van der Waals surface area contributed by atoms with Crippen molar-refractivity contribution in [3.05, 3.63) is 35.1 Å². The highest BCUT2D eigenvalue weighted by molar-refractivity contribution is 8.00. The van der Waals surface area contributed by atoms with Crippen molar-refractivity contribution in [2.45, 2.75) is 44.0 Å². The van der Waals surface area contributed by atoms with Crippen molar-refractivity contribution >= 4 is 29.3 Å². The summed E-state index contributed by atoms with van der Waals surface area (Å²) >= 11 is 7.67. The Labute approximate surface area is 157 Å². The monoisotopic (exact) mass is 378 g/mol. The molecule has 1 atom stereocenters. The molecule has 1 amide bonds. The van der Waals surface area contributed by atoms with Gasteiger partial charge in [0.25, 0.3) is 0 Å². The highest BCUT2D eigenvalue weighted by atomic mass is 35.5. The number of piperidine rings is 1. The predicted molar refractivity (Wildman–Crippen MR) is 101 cm³/mol. The molecule has 0 bridgehead atoms. The highest BCUT2D eigenvalue weighted by Crippen LogP contribution is 2.28. The molecule has 2 aromatic rings. The molecule has 1 unspecified atom stereocenters. The molecule has 1 aromatic carbocycles. The lowest BCUT2D eigenvalue weighted by Gasteiger charge is -2.31. The van der Waals surface area contributed by atoms with E-state index in [1.165, 1.54) is 11.8 Å². The van der Waals surface area contributed by atoms with Crippen molar-refractivity contribution in [3.8, 4) is 5.69 Å². The van der Waals surface area contributed by atoms with Gasteiger partial charge >= 0.3 is 0 Å². The lowest BCUT2D eigenvalue weighted by molar-refractivity contribution is -0.131. The second kappa shape index (κ2) is 7.79. The molecule has 7 heteroatoms. The lowest BCUT2D eigenvalue weighted by atomic mass is 9.99. The number of nitrogens with zero attached hydrogens (tertiary/aromatic N) is 4. The van der Waals surface area contributed by atoms with Gasteiger partial charge in [-0.15, -0.1) is 10.2 Å². The van der Waals surface area contributed by atoms with Crippen LogP contribution in [0.2, 0.25) is 5.02 Å². The molecule has 1 saturated heterocycles. The van der Waals surface area contributed by atoms with Gasteiger partial charge in [-0.05, 0) is 50.3 Å². The van der Waals surface area contributed by atoms with Crippen LogP contribution in [0, 0.1) is 12.8 Å². The zero-order valence-electron chi connectivity index (χ0n) is 14.8. The van der Waals surface area contributed by atoms with Crippen LogP contribution in [-0.4, -0.2) is 43.9 Å². The minimum Gasteiger partial charge on any atom is -0.342 e. The van der Waals surface area contributed by atoms with Gasteiger partial charge in [0.2, 0.25) is 5.91 Å². The fourth-order valence-electron chi connectivity index (χ4n) is 2.91. The number of benzene rings is 1. The van der Waals surface area contributed by atoms with Crippen LogP contribution in [0.3, 0.4) is 0 Å². The van der Waals surface area contributed by atoms with Gasteiger partial charge in [0.1, 0.15) is 6.33 Å². The highest BCUT2D eigenvalue weighted by Gasteiger charge is 2.26. The maximum Gasteiger partial charge on any atom is 0.235 e. The minimum atomic E-state index is -0.197. The van der Waals surface area contributed by atoms with Crippen LogP contribution in [-0.2, 0) is 4.79 Å². The topological polar surface area (TPSA) is 51.0 Å². The van der Waals surface area contributed by atoms with Crippen molar-refractivity contribution < 1.29 is 4.79 Å². The SMILES string of the molecule is Cc1ccc(-n2cnnc2SC(C)C(=O)N2CCC(C)CC2)cc1Cl. The molecule has 0 spiro atoms. The number of carbonyl (C=O) groups excluding carboxylic acids is 1. The average Bonchev–Trinajstić information content (AvgIpc) is 3.05. The van der Waals surface area contributed by atoms with Gasteiger partial charge in [0.05, 0.1) is 10.9 Å². The summed E-state index contributed by atoms with van der Waals surface area (Å²) in [5, 5.41) is 9.40. The van der Waals surface area contributed by atoms with Crippen LogP contribution in [0.4, 0.5) is 0 Å². The molecule has 1 aromatic heterocycles. The Balaban J connectivity index is 1.72. The number of aromatic nitrogens is 3. The van der Waals surface area contributed by atoms with E-state index < -0.39 is 0 Å². The van der Waals surface area contributed by atoms with E-state index in [-0.39, 0.29) is 11.2 Å². The number of halogens is 1. The Kier molecular flexibility index (Phi) is 5.69. The van der Waals surface area contributed by atoms with Gasteiger partial charge in [-0.2, -0.15) is 0 Å². The summed E-state index contributed by atoms with van der Waals surface area (Å²) in [5.41, 5.74) is 1.92. The van der Waals surface area contributed by atoms with E-state index in [1.54, 1.807) is 6.33 Å². The van der Waals surface area contributed by atoms with Crippen LogP contribution in [0.1, 0.15) is 32.3 Å². The Morgan fingerprint density at radius 1 is 1.36 bits per heavy atom. The number of hydrogen-bond acceptors (Lipinski definition) is 4. The third kappa shape index (κ3) is 4.18. The minimum absolute atomic E-state index is 0.174. The maximum absolute atomic E-state index is 12.7. The molecule has 2 heterocycles. The molecular formula is C18H23ClN4OS. The molecule has 5 nitrogen and oxygen atoms in total. The van der Waals surface area contributed by atoms with Crippen LogP contribution in [0.25, 0.3) is 5.69 Å². The van der Waals surface area contributed by atoms with Gasteiger partial charge in [0.15, 0.2) is 5.16 Å². The van der Waals surface area contributed by atoms with E-state index in [9.17, 15) is 4.79 Å². The lowest BCUT2D eigenvalue weighted by Crippen LogP contribution is -2.41. The van der Waals surface area contributed by atoms with Gasteiger partial charge in [-0.25, -0.2) is 0 Å². The molecule has 1 aliphatic heterocycles. The first-order valence-corrected chi connectivity index (χ1v) is 9.83. The van der Waals surface area contributed by atoms with Gasteiger partial charge < -0.3 is 4.90 Å². The van der Waals surface area contributed by atoms with E-state index in [1.807, 2.05) is 41.5 Å². The van der Waals surface area contributed by atoms with Gasteiger partial charge in [-0.1, -0.05) is 36.4 Å². The quantitative estimate of drug-likeness (QED) is 0.755. The molecule has 3 rings (SSSR count). The Bertz CT molecular complexity index is 755. The molecule has 1 aliphatic rings. The van der Waals surface area contributed by atoms with E-state index >= 15 is 0 Å². The predicted octanol–water partition coefficient (Wildman–Crippen LogP) is 3.97. The molecule has 0 saturated carbocycles. The third-order valence-electron chi connectivity index (χ3n) is 4.68. The van der Waals surface area contributed by atoms with Gasteiger partial charge in [0, 0.05) is 18.1 Å². The van der Waals surface area contributed by atoms with E-state index in [0.717, 1.165) is 37.2 Å². The maximum atomic E-state index is 12.7. The number of carbonyl (C=O) groups is 1. The van der Waals surface area contributed by atoms with Crippen molar-refractivity contribution in [3.63, 3.8) is 0 Å². The summed E-state index contributed by atoms with van der Waals surface area (Å²) < 4.78 is 1.87. The van der Waals surface area contributed by atoms with Crippen LogP contribution in [0.15, 0.2) is 29.7 Å². The second-order valence-electron chi connectivity index (χ2n) is 6.68. The average molecular weight is 379 g/mol. The molecule has 0 N–H and O–H groups in total. The summed E-state index contributed by atoms with van der Waals surface area (Å²) in [5.74, 6) is 0.884. The Morgan fingerprint density at radius 2 is 2.08 bits per heavy atom. The number of likely N-dealkylation sites (tertiary alicyclic amines) is 1. The molecule has 0 aliphatic carbocycles. The van der Waals surface area contributed by atoms with Crippen molar-refractivity contribution in [1.29, 1.82) is 0 Å². The van der Waals surface area contributed by atoms with Crippen LogP contribution >= 0.6 is 23.4 Å². The first kappa shape index (κ1) is 18.3. The van der Waals surface area contributed by atoms with Crippen molar-refractivity contribution in [1.82, 2.24) is 19.7 Å². The van der Waals surface area contributed by atoms with E-state index in [2.05, 4.69) is 17.1 Å².